The molecule has 0 fully saturated rings. The summed E-state index contributed by atoms with van der Waals surface area (Å²) in [6.45, 7) is 26.1. The maximum absolute atomic E-state index is 12.2. The van der Waals surface area contributed by atoms with Crippen molar-refractivity contribution in [1.82, 2.24) is 10.6 Å². The Hall–Kier alpha value is -0.840. The van der Waals surface area contributed by atoms with Gasteiger partial charge in [-0.05, 0) is 109 Å². The summed E-state index contributed by atoms with van der Waals surface area (Å²) in [5.74, 6) is 0.858. The summed E-state index contributed by atoms with van der Waals surface area (Å²) in [5.41, 5.74) is -1.19. The molecule has 0 atom stereocenters. The van der Waals surface area contributed by atoms with E-state index in [1.54, 1.807) is 21.6 Å². The van der Waals surface area contributed by atoms with Gasteiger partial charge in [-0.15, -0.1) is 0 Å². The molecular weight excluding hydrogens is 524 g/mol. The summed E-state index contributed by atoms with van der Waals surface area (Å²) in [7, 11) is 3.49. The van der Waals surface area contributed by atoms with E-state index in [0.29, 0.717) is 39.3 Å². The fourth-order valence-corrected chi connectivity index (χ4v) is 5.50. The van der Waals surface area contributed by atoms with E-state index < -0.39 is 23.3 Å². The number of nitrogens with one attached hydrogen (secondary N) is 2. The monoisotopic (exact) mass is 580 g/mol. The van der Waals surface area contributed by atoms with Crippen molar-refractivity contribution >= 4 is 33.8 Å². The molecule has 0 spiro atoms. The summed E-state index contributed by atoms with van der Waals surface area (Å²) < 4.78 is 22.2. The lowest BCUT2D eigenvalue weighted by molar-refractivity contribution is -0.0119. The molecule has 2 N–H and O–H groups in total. The molecule has 0 aliphatic carbocycles. The molecule has 0 saturated carbocycles. The molecule has 38 heavy (non-hydrogen) atoms. The second-order valence-corrected chi connectivity index (χ2v) is 16.6. The smallest absolute Gasteiger partial charge is 0.407 e. The number of amides is 2. The third-order valence-corrected chi connectivity index (χ3v) is 8.67. The minimum absolute atomic E-state index is 0.0571. The van der Waals surface area contributed by atoms with Crippen molar-refractivity contribution in [3.63, 3.8) is 0 Å². The van der Waals surface area contributed by atoms with Gasteiger partial charge < -0.3 is 29.6 Å². The molecule has 226 valence electrons. The SMILES string of the molecule is CC(C)(CCOC(C)(C)C)NC(=O)OCCCSSC(C)(C)CCOC(=O)NC(C)(C)CCOC(C)(C)C. The first kappa shape index (κ1) is 37.2. The van der Waals surface area contributed by atoms with Crippen LogP contribution in [0.3, 0.4) is 0 Å². The van der Waals surface area contributed by atoms with Gasteiger partial charge in [0.2, 0.25) is 0 Å². The normalized spacial score (nSPS) is 13.3. The lowest BCUT2D eigenvalue weighted by Crippen LogP contribution is -2.45. The molecule has 10 heteroatoms. The van der Waals surface area contributed by atoms with Gasteiger partial charge in [0.15, 0.2) is 0 Å². The van der Waals surface area contributed by atoms with Crippen LogP contribution >= 0.6 is 21.6 Å². The van der Waals surface area contributed by atoms with Gasteiger partial charge >= 0.3 is 12.2 Å². The molecule has 0 radical (unpaired) electrons. The fourth-order valence-electron chi connectivity index (χ4n) is 2.89. The van der Waals surface area contributed by atoms with Crippen LogP contribution in [0.4, 0.5) is 9.59 Å². The number of carbonyl (C=O) groups is 2. The van der Waals surface area contributed by atoms with Crippen molar-refractivity contribution in [3.8, 4) is 0 Å². The third-order valence-electron chi connectivity index (χ3n) is 5.23. The molecule has 0 aromatic carbocycles. The summed E-state index contributed by atoms with van der Waals surface area (Å²) >= 11 is 0. The largest absolute Gasteiger partial charge is 0.450 e. The van der Waals surface area contributed by atoms with Gasteiger partial charge in [0.25, 0.3) is 0 Å². The van der Waals surface area contributed by atoms with Crippen LogP contribution in [0.15, 0.2) is 0 Å². The number of hydrogen-bond acceptors (Lipinski definition) is 8. The lowest BCUT2D eigenvalue weighted by atomic mass is 10.0. The zero-order valence-electron chi connectivity index (χ0n) is 26.1. The number of carbonyl (C=O) groups excluding carboxylic acids is 2. The van der Waals surface area contributed by atoms with Gasteiger partial charge in [0.1, 0.15) is 0 Å². The van der Waals surface area contributed by atoms with Crippen LogP contribution in [0.5, 0.6) is 0 Å². The van der Waals surface area contributed by atoms with Gasteiger partial charge in [-0.3, -0.25) is 0 Å². The highest BCUT2D eigenvalue weighted by atomic mass is 33.1. The average Bonchev–Trinajstić information content (AvgIpc) is 2.67. The molecule has 0 aromatic rings. The number of ether oxygens (including phenoxy) is 4. The van der Waals surface area contributed by atoms with E-state index in [-0.39, 0.29) is 15.9 Å². The fraction of sp³-hybridized carbons (Fsp3) is 0.929. The first-order valence-electron chi connectivity index (χ1n) is 13.6. The molecule has 0 heterocycles. The molecule has 8 nitrogen and oxygen atoms in total. The molecule has 0 unspecified atom stereocenters. The summed E-state index contributed by atoms with van der Waals surface area (Å²) in [4.78, 5) is 24.4. The van der Waals surface area contributed by atoms with Crippen LogP contribution in [-0.4, -0.2) is 71.4 Å². The number of alkyl carbamates (subject to hydrolysis) is 2. The Morgan fingerprint density at radius 3 is 1.45 bits per heavy atom. The minimum Gasteiger partial charge on any atom is -0.450 e. The van der Waals surface area contributed by atoms with Gasteiger partial charge in [-0.2, -0.15) is 0 Å². The highest BCUT2D eigenvalue weighted by molar-refractivity contribution is 8.77. The maximum Gasteiger partial charge on any atom is 0.407 e. The number of hydrogen-bond donors (Lipinski definition) is 2. The van der Waals surface area contributed by atoms with Crippen LogP contribution in [-0.2, 0) is 18.9 Å². The molecule has 0 aliphatic heterocycles. The summed E-state index contributed by atoms with van der Waals surface area (Å²) in [6.07, 6.45) is 2.10. The van der Waals surface area contributed by atoms with Gasteiger partial charge in [0, 0.05) is 34.8 Å². The molecule has 0 saturated heterocycles. The molecular formula is C28H56N2O6S2. The highest BCUT2D eigenvalue weighted by Crippen LogP contribution is 2.38. The zero-order valence-corrected chi connectivity index (χ0v) is 27.8. The van der Waals surface area contributed by atoms with E-state index in [9.17, 15) is 9.59 Å². The lowest BCUT2D eigenvalue weighted by Gasteiger charge is -2.28. The molecule has 0 rings (SSSR count). The predicted octanol–water partition coefficient (Wildman–Crippen LogP) is 7.35. The Kier molecular flexibility index (Phi) is 16.1. The first-order valence-corrected chi connectivity index (χ1v) is 15.9. The Labute approximate surface area is 240 Å². The van der Waals surface area contributed by atoms with Gasteiger partial charge in [-0.25, -0.2) is 9.59 Å². The van der Waals surface area contributed by atoms with Crippen molar-refractivity contribution in [3.05, 3.63) is 0 Å². The topological polar surface area (TPSA) is 95.1 Å². The molecule has 0 bridgehead atoms. The second kappa shape index (κ2) is 16.4. The molecule has 0 aromatic heterocycles. The standard InChI is InChI=1S/C28H56N2O6S2/c1-24(2,3)35-19-14-26(7,8)29-22(31)33-17-13-21-37-38-28(11,12)16-18-34-23(32)30-27(9,10)15-20-36-25(4,5)6/h13-21H2,1-12H3,(H,29,31)(H,30,32). The van der Waals surface area contributed by atoms with Gasteiger partial charge in [0.05, 0.1) is 24.4 Å². The number of rotatable bonds is 17. The Morgan fingerprint density at radius 2 is 1.03 bits per heavy atom. The zero-order chi connectivity index (χ0) is 29.7. The summed E-state index contributed by atoms with van der Waals surface area (Å²) in [6, 6.07) is 0. The van der Waals surface area contributed by atoms with Crippen LogP contribution in [0.25, 0.3) is 0 Å². The molecule has 2 amide bonds. The predicted molar refractivity (Wildman–Crippen MR) is 161 cm³/mol. The van der Waals surface area contributed by atoms with E-state index in [4.69, 9.17) is 18.9 Å². The van der Waals surface area contributed by atoms with Crippen molar-refractivity contribution in [2.45, 2.75) is 136 Å². The van der Waals surface area contributed by atoms with E-state index in [2.05, 4.69) is 24.5 Å². The van der Waals surface area contributed by atoms with Crippen molar-refractivity contribution < 1.29 is 28.5 Å². The Balaban J connectivity index is 4.03. The molecule has 0 aliphatic rings. The maximum atomic E-state index is 12.2. The van der Waals surface area contributed by atoms with Crippen molar-refractivity contribution in [2.24, 2.45) is 0 Å². The average molecular weight is 581 g/mol. The van der Waals surface area contributed by atoms with E-state index in [1.807, 2.05) is 69.2 Å². The van der Waals surface area contributed by atoms with E-state index in [1.165, 1.54) is 0 Å². The quantitative estimate of drug-likeness (QED) is 0.136. The highest BCUT2D eigenvalue weighted by Gasteiger charge is 2.25. The second-order valence-electron chi connectivity index (χ2n) is 13.5. The van der Waals surface area contributed by atoms with Crippen molar-refractivity contribution in [2.75, 3.05) is 32.2 Å². The first-order chi connectivity index (χ1) is 17.1. The van der Waals surface area contributed by atoms with Gasteiger partial charge in [-0.1, -0.05) is 21.6 Å². The van der Waals surface area contributed by atoms with Crippen LogP contribution in [0.1, 0.15) is 109 Å². The van der Waals surface area contributed by atoms with Crippen molar-refractivity contribution in [1.29, 1.82) is 0 Å². The Morgan fingerprint density at radius 1 is 0.605 bits per heavy atom. The van der Waals surface area contributed by atoms with Crippen LogP contribution in [0, 0.1) is 0 Å². The van der Waals surface area contributed by atoms with Crippen LogP contribution < -0.4 is 10.6 Å². The van der Waals surface area contributed by atoms with Crippen LogP contribution in [0.2, 0.25) is 0 Å². The Bertz CT molecular complexity index is 700. The van der Waals surface area contributed by atoms with E-state index in [0.717, 1.165) is 18.6 Å². The summed E-state index contributed by atoms with van der Waals surface area (Å²) in [5, 5.41) is 5.84. The minimum atomic E-state index is -0.405. The third kappa shape index (κ3) is 23.1. The van der Waals surface area contributed by atoms with E-state index >= 15 is 0 Å².